The number of fused-ring (bicyclic) bond motifs is 3. The quantitative estimate of drug-likeness (QED) is 0.664. The summed E-state index contributed by atoms with van der Waals surface area (Å²) in [6.45, 7) is 1.80. The molecule has 2 aromatic carbocycles. The molecule has 0 spiro atoms. The summed E-state index contributed by atoms with van der Waals surface area (Å²) in [4.78, 5) is 0. The summed E-state index contributed by atoms with van der Waals surface area (Å²) < 4.78 is 2.59. The lowest BCUT2D eigenvalue weighted by atomic mass is 10.1. The summed E-state index contributed by atoms with van der Waals surface area (Å²) in [5.74, 6) is 0. The lowest BCUT2D eigenvalue weighted by molar-refractivity contribution is 0.199. The summed E-state index contributed by atoms with van der Waals surface area (Å²) in [6.07, 6.45) is -0.400. The first-order chi connectivity index (χ1) is 7.75. The molecule has 0 amide bonds. The van der Waals surface area contributed by atoms with Gasteiger partial charge in [-0.05, 0) is 30.7 Å². The van der Waals surface area contributed by atoms with E-state index in [1.54, 1.807) is 18.3 Å². The van der Waals surface area contributed by atoms with E-state index in [2.05, 4.69) is 36.4 Å². The minimum atomic E-state index is -0.400. The smallest absolute Gasteiger partial charge is 0.0762 e. The van der Waals surface area contributed by atoms with Gasteiger partial charge in [-0.3, -0.25) is 0 Å². The van der Waals surface area contributed by atoms with Crippen molar-refractivity contribution in [2.45, 2.75) is 13.0 Å². The molecule has 0 aliphatic carbocycles. The van der Waals surface area contributed by atoms with E-state index < -0.39 is 6.10 Å². The van der Waals surface area contributed by atoms with Crippen molar-refractivity contribution in [2.75, 3.05) is 0 Å². The average molecular weight is 228 g/mol. The van der Waals surface area contributed by atoms with Crippen molar-refractivity contribution in [1.29, 1.82) is 0 Å². The predicted octanol–water partition coefficient (Wildman–Crippen LogP) is 4.11. The van der Waals surface area contributed by atoms with E-state index >= 15 is 0 Å². The molecule has 0 radical (unpaired) electrons. The SMILES string of the molecule is C[C@@H](O)c1ccc2sc3ccccc3c2c1. The van der Waals surface area contributed by atoms with Crippen LogP contribution in [0.5, 0.6) is 0 Å². The van der Waals surface area contributed by atoms with Crippen molar-refractivity contribution in [2.24, 2.45) is 0 Å². The molecule has 1 aromatic heterocycles. The maximum absolute atomic E-state index is 9.60. The zero-order valence-electron chi connectivity index (χ0n) is 8.97. The van der Waals surface area contributed by atoms with Crippen LogP contribution >= 0.6 is 11.3 Å². The van der Waals surface area contributed by atoms with Gasteiger partial charge in [0.2, 0.25) is 0 Å². The monoisotopic (exact) mass is 228 g/mol. The Hall–Kier alpha value is -1.38. The van der Waals surface area contributed by atoms with Gasteiger partial charge >= 0.3 is 0 Å². The number of hydrogen-bond acceptors (Lipinski definition) is 2. The Bertz CT molecular complexity index is 652. The second-order valence-electron chi connectivity index (χ2n) is 4.03. The molecule has 2 heteroatoms. The first kappa shape index (κ1) is 9.82. The van der Waals surface area contributed by atoms with Gasteiger partial charge in [-0.15, -0.1) is 11.3 Å². The molecule has 3 aromatic rings. The van der Waals surface area contributed by atoms with Crippen LogP contribution in [-0.2, 0) is 0 Å². The topological polar surface area (TPSA) is 20.2 Å². The van der Waals surface area contributed by atoms with E-state index in [0.29, 0.717) is 0 Å². The average Bonchev–Trinajstić information content (AvgIpc) is 2.66. The molecular weight excluding hydrogens is 216 g/mol. The van der Waals surface area contributed by atoms with Gasteiger partial charge in [-0.2, -0.15) is 0 Å². The second-order valence-corrected chi connectivity index (χ2v) is 5.11. The van der Waals surface area contributed by atoms with E-state index in [0.717, 1.165) is 5.56 Å². The van der Waals surface area contributed by atoms with Gasteiger partial charge in [-0.1, -0.05) is 24.3 Å². The Kier molecular flexibility index (Phi) is 2.20. The number of rotatable bonds is 1. The van der Waals surface area contributed by atoms with Crippen LogP contribution in [0, 0.1) is 0 Å². The molecule has 16 heavy (non-hydrogen) atoms. The summed E-state index contributed by atoms with van der Waals surface area (Å²) in [7, 11) is 0. The van der Waals surface area contributed by atoms with E-state index in [1.165, 1.54) is 20.2 Å². The Morgan fingerprint density at radius 1 is 1.00 bits per heavy atom. The molecule has 80 valence electrons. The highest BCUT2D eigenvalue weighted by atomic mass is 32.1. The number of hydrogen-bond donors (Lipinski definition) is 1. The molecule has 0 bridgehead atoms. The van der Waals surface area contributed by atoms with Crippen molar-refractivity contribution in [3.63, 3.8) is 0 Å². The highest BCUT2D eigenvalue weighted by Crippen LogP contribution is 2.34. The van der Waals surface area contributed by atoms with Gasteiger partial charge in [0.15, 0.2) is 0 Å². The van der Waals surface area contributed by atoms with E-state index in [1.807, 2.05) is 6.07 Å². The molecule has 1 heterocycles. The lowest BCUT2D eigenvalue weighted by Crippen LogP contribution is -1.89. The molecule has 1 nitrogen and oxygen atoms in total. The van der Waals surface area contributed by atoms with Gasteiger partial charge < -0.3 is 5.11 Å². The van der Waals surface area contributed by atoms with Crippen LogP contribution in [0.1, 0.15) is 18.6 Å². The van der Waals surface area contributed by atoms with E-state index in [4.69, 9.17) is 0 Å². The van der Waals surface area contributed by atoms with Crippen molar-refractivity contribution < 1.29 is 5.11 Å². The lowest BCUT2D eigenvalue weighted by Gasteiger charge is -2.03. The van der Waals surface area contributed by atoms with Gasteiger partial charge in [0.25, 0.3) is 0 Å². The second kappa shape index (κ2) is 3.58. The van der Waals surface area contributed by atoms with Crippen molar-refractivity contribution in [3.8, 4) is 0 Å². The highest BCUT2D eigenvalue weighted by Gasteiger charge is 2.07. The van der Waals surface area contributed by atoms with E-state index in [-0.39, 0.29) is 0 Å². The molecule has 0 unspecified atom stereocenters. The standard InChI is InChI=1S/C14H12OS/c1-9(15)10-6-7-14-12(8-10)11-4-2-3-5-13(11)16-14/h2-9,15H,1H3/t9-/m1/s1. The molecule has 0 aliphatic rings. The van der Waals surface area contributed by atoms with E-state index in [9.17, 15) is 5.11 Å². The molecule has 1 atom stereocenters. The molecule has 0 fully saturated rings. The summed E-state index contributed by atoms with van der Waals surface area (Å²) in [6, 6.07) is 14.6. The fraction of sp³-hybridized carbons (Fsp3) is 0.143. The Morgan fingerprint density at radius 3 is 2.56 bits per heavy atom. The third-order valence-electron chi connectivity index (χ3n) is 2.88. The largest absolute Gasteiger partial charge is 0.389 e. The third-order valence-corrected chi connectivity index (χ3v) is 4.03. The molecule has 0 saturated heterocycles. The zero-order chi connectivity index (χ0) is 11.1. The highest BCUT2D eigenvalue weighted by molar-refractivity contribution is 7.25. The van der Waals surface area contributed by atoms with Crippen LogP contribution in [-0.4, -0.2) is 5.11 Å². The predicted molar refractivity (Wildman–Crippen MR) is 70.0 cm³/mol. The summed E-state index contributed by atoms with van der Waals surface area (Å²) in [5.41, 5.74) is 0.982. The molecule has 3 rings (SSSR count). The van der Waals surface area contributed by atoms with Crippen molar-refractivity contribution in [3.05, 3.63) is 48.0 Å². The number of aliphatic hydroxyl groups excluding tert-OH is 1. The fourth-order valence-corrected chi connectivity index (χ4v) is 3.09. The van der Waals surface area contributed by atoms with Crippen LogP contribution in [0.4, 0.5) is 0 Å². The summed E-state index contributed by atoms with van der Waals surface area (Å²) in [5, 5.41) is 12.1. The van der Waals surface area contributed by atoms with Crippen molar-refractivity contribution >= 4 is 31.5 Å². The van der Waals surface area contributed by atoms with Gasteiger partial charge in [-0.25, -0.2) is 0 Å². The minimum absolute atomic E-state index is 0.400. The first-order valence-corrected chi connectivity index (χ1v) is 6.16. The summed E-state index contributed by atoms with van der Waals surface area (Å²) >= 11 is 1.80. The van der Waals surface area contributed by atoms with Crippen LogP contribution < -0.4 is 0 Å². The zero-order valence-corrected chi connectivity index (χ0v) is 9.79. The molecule has 0 aliphatic heterocycles. The number of benzene rings is 2. The molecule has 0 saturated carbocycles. The maximum Gasteiger partial charge on any atom is 0.0762 e. The third kappa shape index (κ3) is 1.42. The Labute approximate surface area is 98.0 Å². The van der Waals surface area contributed by atoms with Gasteiger partial charge in [0, 0.05) is 20.2 Å². The van der Waals surface area contributed by atoms with Crippen LogP contribution in [0.15, 0.2) is 42.5 Å². The van der Waals surface area contributed by atoms with Gasteiger partial charge in [0.1, 0.15) is 0 Å². The molecular formula is C14H12OS. The van der Waals surface area contributed by atoms with Crippen LogP contribution in [0.2, 0.25) is 0 Å². The maximum atomic E-state index is 9.60. The minimum Gasteiger partial charge on any atom is -0.389 e. The van der Waals surface area contributed by atoms with Crippen LogP contribution in [0.3, 0.4) is 0 Å². The number of thiophene rings is 1. The van der Waals surface area contributed by atoms with Gasteiger partial charge in [0.05, 0.1) is 6.10 Å². The first-order valence-electron chi connectivity index (χ1n) is 5.35. The molecule has 1 N–H and O–H groups in total. The normalized spacial score (nSPS) is 13.4. The van der Waals surface area contributed by atoms with Crippen molar-refractivity contribution in [1.82, 2.24) is 0 Å². The number of aliphatic hydroxyl groups is 1. The van der Waals surface area contributed by atoms with Crippen LogP contribution in [0.25, 0.3) is 20.2 Å². The Balaban J connectivity index is 2.40. The fourth-order valence-electron chi connectivity index (χ4n) is 2.00. The Morgan fingerprint density at radius 2 is 1.75 bits per heavy atom.